The van der Waals surface area contributed by atoms with Crippen molar-refractivity contribution in [3.63, 3.8) is 0 Å². The van der Waals surface area contributed by atoms with Gasteiger partial charge in [0.2, 0.25) is 5.91 Å². The third-order valence-electron chi connectivity index (χ3n) is 8.90. The van der Waals surface area contributed by atoms with Crippen LogP contribution in [0.5, 0.6) is 5.75 Å². The van der Waals surface area contributed by atoms with E-state index in [1.54, 1.807) is 25.1 Å². The average Bonchev–Trinajstić information content (AvgIpc) is 2.76. The number of hydrogen-bond acceptors (Lipinski definition) is 4. The molecule has 1 aromatic rings. The van der Waals surface area contributed by atoms with Gasteiger partial charge in [0, 0.05) is 33.8 Å². The Bertz CT molecular complexity index is 966. The zero-order chi connectivity index (χ0) is 23.5. The molecule has 4 saturated carbocycles. The van der Waals surface area contributed by atoms with Crippen molar-refractivity contribution in [2.75, 3.05) is 0 Å². The van der Waals surface area contributed by atoms with Gasteiger partial charge in [-0.2, -0.15) is 5.26 Å². The van der Waals surface area contributed by atoms with E-state index in [4.69, 9.17) is 21.6 Å². The lowest BCUT2D eigenvalue weighted by atomic mass is 9.48. The molecule has 172 valence electrons. The van der Waals surface area contributed by atoms with Gasteiger partial charge in [0.25, 0.3) is 0 Å². The molecule has 0 aromatic heterocycles. The summed E-state index contributed by atoms with van der Waals surface area (Å²) in [5, 5.41) is 12.9. The second-order valence-electron chi connectivity index (χ2n) is 11.4. The summed E-state index contributed by atoms with van der Waals surface area (Å²) in [6, 6.07) is 7.15. The number of ether oxygens (including phenoxy) is 1. The van der Waals surface area contributed by atoms with Gasteiger partial charge < -0.3 is 10.1 Å². The van der Waals surface area contributed by atoms with Crippen molar-refractivity contribution >= 4 is 23.3 Å². The Kier molecular flexibility index (Phi) is 5.41. The number of hydrogen-bond donors (Lipinski definition) is 1. The number of amides is 1. The summed E-state index contributed by atoms with van der Waals surface area (Å²) in [7, 11) is 0. The Morgan fingerprint density at radius 2 is 1.56 bits per heavy atom. The van der Waals surface area contributed by atoms with Crippen molar-refractivity contribution in [3.05, 3.63) is 28.8 Å². The molecular weight excluding hydrogens is 424 g/mol. The molecule has 6 heteroatoms. The minimum absolute atomic E-state index is 0.0304. The van der Waals surface area contributed by atoms with Gasteiger partial charge in [-0.1, -0.05) is 39.3 Å². The molecule has 4 aliphatic rings. The molecule has 5 rings (SSSR count). The minimum Gasteiger partial charge on any atom is -0.489 e. The fraction of sp³-hybridized carbons (Fsp3) is 0.654. The summed E-state index contributed by atoms with van der Waals surface area (Å²) >= 11 is 6.18. The van der Waals surface area contributed by atoms with Crippen molar-refractivity contribution in [1.29, 1.82) is 5.26 Å². The van der Waals surface area contributed by atoms with Crippen LogP contribution in [0.4, 0.5) is 0 Å². The first-order valence-corrected chi connectivity index (χ1v) is 11.9. The van der Waals surface area contributed by atoms with Crippen LogP contribution >= 0.6 is 11.6 Å². The van der Waals surface area contributed by atoms with Crippen LogP contribution in [0.25, 0.3) is 0 Å². The second kappa shape index (κ2) is 7.48. The highest BCUT2D eigenvalue weighted by Crippen LogP contribution is 2.59. The molecule has 1 aromatic carbocycles. The zero-order valence-corrected chi connectivity index (χ0v) is 20.4. The van der Waals surface area contributed by atoms with Gasteiger partial charge in [-0.05, 0) is 57.6 Å². The topological polar surface area (TPSA) is 79.2 Å². The SMILES string of the molecule is CC(=O)C12CCC(C(=O)NC3C(C)(C)C(Oc4ccc(C#N)c(Cl)c4)C3(C)C)(CC1)CC2. The molecule has 5 nitrogen and oxygen atoms in total. The summed E-state index contributed by atoms with van der Waals surface area (Å²) < 4.78 is 6.33. The lowest BCUT2D eigenvalue weighted by Crippen LogP contribution is -2.75. The number of nitrogens with one attached hydrogen (secondary N) is 1. The van der Waals surface area contributed by atoms with Gasteiger partial charge in [0.05, 0.1) is 10.6 Å². The Labute approximate surface area is 195 Å². The van der Waals surface area contributed by atoms with E-state index >= 15 is 0 Å². The third kappa shape index (κ3) is 3.34. The van der Waals surface area contributed by atoms with Crippen LogP contribution in [0.3, 0.4) is 0 Å². The van der Waals surface area contributed by atoms with Gasteiger partial charge in [-0.25, -0.2) is 0 Å². The van der Waals surface area contributed by atoms with E-state index in [0.717, 1.165) is 38.5 Å². The van der Waals surface area contributed by atoms with Crippen molar-refractivity contribution in [1.82, 2.24) is 5.32 Å². The highest BCUT2D eigenvalue weighted by molar-refractivity contribution is 6.31. The fourth-order valence-corrected chi connectivity index (χ4v) is 7.15. The first kappa shape index (κ1) is 23.1. The van der Waals surface area contributed by atoms with E-state index in [0.29, 0.717) is 16.3 Å². The predicted octanol–water partition coefficient (Wildman–Crippen LogP) is 5.44. The Morgan fingerprint density at radius 1 is 1.03 bits per heavy atom. The number of nitriles is 1. The molecular formula is C26H33ClN2O3. The van der Waals surface area contributed by atoms with Crippen LogP contribution in [0.15, 0.2) is 18.2 Å². The largest absolute Gasteiger partial charge is 0.489 e. The molecule has 4 fully saturated rings. The molecule has 0 saturated heterocycles. The molecule has 0 heterocycles. The first-order chi connectivity index (χ1) is 14.9. The van der Waals surface area contributed by atoms with Crippen LogP contribution in [-0.2, 0) is 9.59 Å². The number of nitrogens with zero attached hydrogens (tertiary/aromatic N) is 1. The summed E-state index contributed by atoms with van der Waals surface area (Å²) in [6.07, 6.45) is 4.78. The molecule has 1 amide bonds. The first-order valence-electron chi connectivity index (χ1n) is 11.6. The molecule has 0 radical (unpaired) electrons. The van der Waals surface area contributed by atoms with Gasteiger partial charge in [-0.15, -0.1) is 0 Å². The maximum atomic E-state index is 13.5. The Balaban J connectivity index is 1.46. The molecule has 0 aliphatic heterocycles. The third-order valence-corrected chi connectivity index (χ3v) is 9.22. The summed E-state index contributed by atoms with van der Waals surface area (Å²) in [5.74, 6) is 1.05. The Hall–Kier alpha value is -2.06. The fourth-order valence-electron chi connectivity index (χ4n) is 6.93. The second-order valence-corrected chi connectivity index (χ2v) is 11.8. The number of halogens is 1. The van der Waals surface area contributed by atoms with Crippen LogP contribution in [0.2, 0.25) is 5.02 Å². The molecule has 32 heavy (non-hydrogen) atoms. The van der Waals surface area contributed by atoms with Crippen LogP contribution in [0.1, 0.15) is 78.7 Å². The maximum Gasteiger partial charge on any atom is 0.226 e. The standard InChI is InChI=1S/C26H33ClN2O3/c1-16(30)25-8-11-26(12-9-25,13-10-25)22(31)29-20-23(2,3)21(24(20,4)5)32-18-7-6-17(15-28)19(27)14-18/h6-7,14,20-21H,8-13H2,1-5H3,(H,29,31). The number of fused-ring (bicyclic) bond motifs is 3. The molecule has 1 N–H and O–H groups in total. The normalized spacial score (nSPS) is 34.2. The molecule has 4 aliphatic carbocycles. The van der Waals surface area contributed by atoms with Crippen molar-refractivity contribution in [3.8, 4) is 11.8 Å². The van der Waals surface area contributed by atoms with Gasteiger partial charge in [-0.3, -0.25) is 9.59 Å². The highest BCUT2D eigenvalue weighted by atomic mass is 35.5. The number of carbonyl (C=O) groups excluding carboxylic acids is 2. The molecule has 0 atom stereocenters. The molecule has 2 bridgehead atoms. The van der Waals surface area contributed by atoms with Crippen LogP contribution in [-0.4, -0.2) is 23.8 Å². The quantitative estimate of drug-likeness (QED) is 0.639. The Morgan fingerprint density at radius 3 is 2.03 bits per heavy atom. The average molecular weight is 457 g/mol. The molecule has 0 unspecified atom stereocenters. The lowest BCUT2D eigenvalue weighted by molar-refractivity contribution is -0.180. The van der Waals surface area contributed by atoms with E-state index in [1.807, 2.05) is 0 Å². The van der Waals surface area contributed by atoms with Gasteiger partial charge >= 0.3 is 0 Å². The monoisotopic (exact) mass is 456 g/mol. The van der Waals surface area contributed by atoms with E-state index in [-0.39, 0.29) is 45.5 Å². The summed E-state index contributed by atoms with van der Waals surface area (Å²) in [4.78, 5) is 25.7. The number of carbonyl (C=O) groups is 2. The minimum atomic E-state index is -0.337. The summed E-state index contributed by atoms with van der Waals surface area (Å²) in [5.41, 5.74) is -0.649. The van der Waals surface area contributed by atoms with E-state index in [9.17, 15) is 9.59 Å². The molecule has 0 spiro atoms. The smallest absolute Gasteiger partial charge is 0.226 e. The van der Waals surface area contributed by atoms with E-state index in [1.165, 1.54) is 0 Å². The highest BCUT2D eigenvalue weighted by Gasteiger charge is 2.65. The number of ketones is 1. The van der Waals surface area contributed by atoms with Crippen molar-refractivity contribution in [2.24, 2.45) is 21.7 Å². The van der Waals surface area contributed by atoms with Gasteiger partial charge in [0.15, 0.2) is 0 Å². The van der Waals surface area contributed by atoms with Crippen LogP contribution in [0, 0.1) is 33.0 Å². The van der Waals surface area contributed by atoms with E-state index in [2.05, 4.69) is 39.1 Å². The van der Waals surface area contributed by atoms with Crippen molar-refractivity contribution in [2.45, 2.75) is 85.3 Å². The van der Waals surface area contributed by atoms with E-state index < -0.39 is 0 Å². The number of Topliss-reactive ketones (excluding diaryl/α,β-unsaturated/α-hetero) is 1. The maximum absolute atomic E-state index is 13.5. The number of benzene rings is 1. The zero-order valence-electron chi connectivity index (χ0n) is 19.7. The number of rotatable bonds is 5. The van der Waals surface area contributed by atoms with Crippen molar-refractivity contribution < 1.29 is 14.3 Å². The van der Waals surface area contributed by atoms with Gasteiger partial charge in [0.1, 0.15) is 23.7 Å². The lowest BCUT2D eigenvalue weighted by Gasteiger charge is -2.63. The predicted molar refractivity (Wildman–Crippen MR) is 123 cm³/mol. The summed E-state index contributed by atoms with van der Waals surface area (Å²) in [6.45, 7) is 10.2. The van der Waals surface area contributed by atoms with Crippen LogP contribution < -0.4 is 10.1 Å².